The molecule has 0 aliphatic rings. The summed E-state index contributed by atoms with van der Waals surface area (Å²) in [5.41, 5.74) is -0.330. The number of aromatic amines is 1. The van der Waals surface area contributed by atoms with Crippen LogP contribution < -0.4 is 15.6 Å². The molecule has 1 rings (SSSR count). The Labute approximate surface area is 117 Å². The maximum absolute atomic E-state index is 11.6. The largest absolute Gasteiger partial charge is 0.349 e. The van der Waals surface area contributed by atoms with Gasteiger partial charge in [0.2, 0.25) is 10.0 Å². The highest BCUT2D eigenvalue weighted by molar-refractivity contribution is 7.89. The predicted molar refractivity (Wildman–Crippen MR) is 73.9 cm³/mol. The van der Waals surface area contributed by atoms with Gasteiger partial charge in [0.25, 0.3) is 11.5 Å². The van der Waals surface area contributed by atoms with Crippen LogP contribution in [0, 0.1) is 0 Å². The van der Waals surface area contributed by atoms with Gasteiger partial charge in [-0.25, -0.2) is 18.2 Å². The predicted octanol–water partition coefficient (Wildman–Crippen LogP) is -0.781. The van der Waals surface area contributed by atoms with Crippen molar-refractivity contribution in [3.8, 4) is 0 Å². The van der Waals surface area contributed by atoms with Gasteiger partial charge in [-0.05, 0) is 12.5 Å². The number of hydrogen-bond donors (Lipinski definition) is 3. The molecule has 0 fully saturated rings. The van der Waals surface area contributed by atoms with Crippen LogP contribution in [0.5, 0.6) is 0 Å². The minimum Gasteiger partial charge on any atom is -0.349 e. The Kier molecular flexibility index (Phi) is 6.32. The summed E-state index contributed by atoms with van der Waals surface area (Å²) in [6.45, 7) is 2.17. The van der Waals surface area contributed by atoms with Gasteiger partial charge in [-0.1, -0.05) is 13.3 Å². The molecular formula is C11H18N4O4S. The minimum absolute atomic E-state index is 0.0680. The molecule has 9 heteroatoms. The third-order valence-electron chi connectivity index (χ3n) is 2.41. The highest BCUT2D eigenvalue weighted by Gasteiger charge is 2.09. The van der Waals surface area contributed by atoms with Gasteiger partial charge >= 0.3 is 0 Å². The van der Waals surface area contributed by atoms with Gasteiger partial charge in [0, 0.05) is 19.2 Å². The van der Waals surface area contributed by atoms with Crippen molar-refractivity contribution >= 4 is 15.9 Å². The zero-order valence-corrected chi connectivity index (χ0v) is 12.0. The molecule has 0 aromatic carbocycles. The van der Waals surface area contributed by atoms with Crippen molar-refractivity contribution in [3.63, 3.8) is 0 Å². The molecule has 0 radical (unpaired) electrons. The number of rotatable bonds is 8. The fraction of sp³-hybridized carbons (Fsp3) is 0.545. The second-order valence-corrected chi connectivity index (χ2v) is 6.06. The fourth-order valence-corrected chi connectivity index (χ4v) is 2.58. The number of sulfonamides is 1. The van der Waals surface area contributed by atoms with Gasteiger partial charge in [-0.2, -0.15) is 5.10 Å². The van der Waals surface area contributed by atoms with E-state index in [4.69, 9.17) is 0 Å². The highest BCUT2D eigenvalue weighted by Crippen LogP contribution is 1.92. The quantitative estimate of drug-likeness (QED) is 0.544. The molecule has 1 amide bonds. The van der Waals surface area contributed by atoms with Gasteiger partial charge in [0.05, 0.1) is 5.75 Å². The Morgan fingerprint density at radius 2 is 2.10 bits per heavy atom. The first-order valence-corrected chi connectivity index (χ1v) is 7.91. The summed E-state index contributed by atoms with van der Waals surface area (Å²) in [4.78, 5) is 22.4. The van der Waals surface area contributed by atoms with Crippen molar-refractivity contribution in [1.82, 2.24) is 20.2 Å². The van der Waals surface area contributed by atoms with Gasteiger partial charge in [0.15, 0.2) is 0 Å². The number of amides is 1. The van der Waals surface area contributed by atoms with Crippen molar-refractivity contribution in [2.45, 2.75) is 19.8 Å². The molecule has 0 saturated carbocycles. The number of H-pyrrole nitrogens is 1. The van der Waals surface area contributed by atoms with Crippen LogP contribution in [0.4, 0.5) is 0 Å². The summed E-state index contributed by atoms with van der Waals surface area (Å²) in [6, 6.07) is 2.48. The lowest BCUT2D eigenvalue weighted by Crippen LogP contribution is -2.36. The first kappa shape index (κ1) is 16.3. The average Bonchev–Trinajstić information content (AvgIpc) is 2.42. The lowest BCUT2D eigenvalue weighted by atomic mass is 10.3. The van der Waals surface area contributed by atoms with E-state index < -0.39 is 21.5 Å². The summed E-state index contributed by atoms with van der Waals surface area (Å²) in [5, 5.41) is 8.20. The lowest BCUT2D eigenvalue weighted by molar-refractivity contribution is 0.0948. The van der Waals surface area contributed by atoms with E-state index in [1.165, 1.54) is 12.1 Å². The summed E-state index contributed by atoms with van der Waals surface area (Å²) < 4.78 is 25.3. The van der Waals surface area contributed by atoms with Gasteiger partial charge in [-0.3, -0.25) is 9.59 Å². The number of hydrogen-bond acceptors (Lipinski definition) is 5. The second-order valence-electron chi connectivity index (χ2n) is 4.13. The Bertz CT molecular complexity index is 576. The SMILES string of the molecule is CCCCS(=O)(=O)NCCNC(=O)c1ccc(=O)[nH]n1. The van der Waals surface area contributed by atoms with Gasteiger partial charge < -0.3 is 5.32 Å². The van der Waals surface area contributed by atoms with E-state index in [1.807, 2.05) is 6.92 Å². The van der Waals surface area contributed by atoms with Crippen LogP contribution in [0.25, 0.3) is 0 Å². The highest BCUT2D eigenvalue weighted by atomic mass is 32.2. The number of nitrogens with one attached hydrogen (secondary N) is 3. The zero-order valence-electron chi connectivity index (χ0n) is 11.2. The molecule has 0 aliphatic carbocycles. The van der Waals surface area contributed by atoms with Crippen LogP contribution >= 0.6 is 0 Å². The van der Waals surface area contributed by atoms with Crippen LogP contribution in [0.3, 0.4) is 0 Å². The third kappa shape index (κ3) is 5.93. The maximum atomic E-state index is 11.6. The zero-order chi connectivity index (χ0) is 15.0. The Hall–Kier alpha value is -1.74. The molecule has 0 atom stereocenters. The molecule has 20 heavy (non-hydrogen) atoms. The van der Waals surface area contributed by atoms with Gasteiger partial charge in [-0.15, -0.1) is 0 Å². The van der Waals surface area contributed by atoms with Crippen molar-refractivity contribution in [2.75, 3.05) is 18.8 Å². The van der Waals surface area contributed by atoms with Crippen LogP contribution in [-0.2, 0) is 10.0 Å². The topological polar surface area (TPSA) is 121 Å². The molecule has 1 aromatic heterocycles. The molecular weight excluding hydrogens is 284 g/mol. The number of nitrogens with zero attached hydrogens (tertiary/aromatic N) is 1. The smallest absolute Gasteiger partial charge is 0.271 e. The van der Waals surface area contributed by atoms with Crippen LogP contribution in [0.15, 0.2) is 16.9 Å². The van der Waals surface area contributed by atoms with Crippen molar-refractivity contribution in [3.05, 3.63) is 28.2 Å². The molecule has 112 valence electrons. The molecule has 0 unspecified atom stereocenters. The van der Waals surface area contributed by atoms with E-state index in [9.17, 15) is 18.0 Å². The molecule has 8 nitrogen and oxygen atoms in total. The molecule has 0 bridgehead atoms. The Morgan fingerprint density at radius 1 is 1.35 bits per heavy atom. The Balaban J connectivity index is 2.32. The summed E-state index contributed by atoms with van der Waals surface area (Å²) in [7, 11) is -3.28. The van der Waals surface area contributed by atoms with Gasteiger partial charge in [0.1, 0.15) is 5.69 Å². The van der Waals surface area contributed by atoms with Crippen molar-refractivity contribution in [1.29, 1.82) is 0 Å². The molecule has 1 aromatic rings. The Morgan fingerprint density at radius 3 is 2.70 bits per heavy atom. The van der Waals surface area contributed by atoms with Crippen LogP contribution in [0.1, 0.15) is 30.3 Å². The van der Waals surface area contributed by atoms with Crippen molar-refractivity contribution < 1.29 is 13.2 Å². The number of carbonyl (C=O) groups is 1. The van der Waals surface area contributed by atoms with Crippen molar-refractivity contribution in [2.24, 2.45) is 0 Å². The minimum atomic E-state index is -3.28. The van der Waals surface area contributed by atoms with E-state index >= 15 is 0 Å². The molecule has 1 heterocycles. The van der Waals surface area contributed by atoms with E-state index in [2.05, 4.69) is 20.2 Å². The number of aromatic nitrogens is 2. The third-order valence-corrected chi connectivity index (χ3v) is 3.88. The summed E-state index contributed by atoms with van der Waals surface area (Å²) in [5.74, 6) is -0.396. The first-order valence-electron chi connectivity index (χ1n) is 6.26. The monoisotopic (exact) mass is 302 g/mol. The maximum Gasteiger partial charge on any atom is 0.271 e. The van der Waals surface area contributed by atoms with E-state index in [1.54, 1.807) is 0 Å². The first-order chi connectivity index (χ1) is 9.44. The van der Waals surface area contributed by atoms with Crippen LogP contribution in [0.2, 0.25) is 0 Å². The molecule has 3 N–H and O–H groups in total. The lowest BCUT2D eigenvalue weighted by Gasteiger charge is -2.07. The fourth-order valence-electron chi connectivity index (χ4n) is 1.35. The second kappa shape index (κ2) is 7.75. The number of carbonyl (C=O) groups excluding carboxylic acids is 1. The molecule has 0 aliphatic heterocycles. The van der Waals surface area contributed by atoms with E-state index in [-0.39, 0.29) is 24.5 Å². The summed E-state index contributed by atoms with van der Waals surface area (Å²) >= 11 is 0. The average molecular weight is 302 g/mol. The standard InChI is InChI=1S/C11H18N4O4S/c1-2-3-8-20(18,19)13-7-6-12-11(17)9-4-5-10(16)15-14-9/h4-5,13H,2-3,6-8H2,1H3,(H,12,17)(H,15,16). The molecule has 0 spiro atoms. The normalized spacial score (nSPS) is 11.2. The molecule has 0 saturated heterocycles. The van der Waals surface area contributed by atoms with E-state index in [0.717, 1.165) is 6.42 Å². The van der Waals surface area contributed by atoms with Crippen LogP contribution in [-0.4, -0.2) is 43.4 Å². The number of unbranched alkanes of at least 4 members (excludes halogenated alkanes) is 1. The summed E-state index contributed by atoms with van der Waals surface area (Å²) in [6.07, 6.45) is 1.40. The van der Waals surface area contributed by atoms with E-state index in [0.29, 0.717) is 6.42 Å².